The molecular weight excluding hydrogens is 716 g/mol. The van der Waals surface area contributed by atoms with Crippen LogP contribution in [0.2, 0.25) is 0 Å². The zero-order chi connectivity index (χ0) is 37.1. The normalized spacial score (nSPS) is 17.1. The molecule has 1 amide bonds. The molecule has 1 fully saturated rings. The maximum Gasteiger partial charge on any atom is 0.261 e. The monoisotopic (exact) mass is 744 g/mol. The van der Waals surface area contributed by atoms with Crippen LogP contribution >= 0.6 is 11.8 Å². The van der Waals surface area contributed by atoms with Gasteiger partial charge in [-0.15, -0.1) is 0 Å². The number of anilines is 1. The van der Waals surface area contributed by atoms with Crippen molar-refractivity contribution in [2.75, 3.05) is 11.1 Å². The van der Waals surface area contributed by atoms with Gasteiger partial charge in [0.05, 0.1) is 18.8 Å². The lowest BCUT2D eigenvalue weighted by Crippen LogP contribution is -2.31. The molecule has 3 atom stereocenters. The molecule has 13 heteroatoms. The second-order valence-electron chi connectivity index (χ2n) is 12.1. The van der Waals surface area contributed by atoms with Crippen LogP contribution in [0.25, 0.3) is 22.6 Å². The van der Waals surface area contributed by atoms with Crippen molar-refractivity contribution in [1.82, 2.24) is 4.98 Å². The van der Waals surface area contributed by atoms with E-state index in [0.29, 0.717) is 34.4 Å². The first kappa shape index (κ1) is 36.0. The summed E-state index contributed by atoms with van der Waals surface area (Å²) >= 11 is 1.39. The molecule has 1 aliphatic rings. The number of hydrogen-bond donors (Lipinski definition) is 2. The van der Waals surface area contributed by atoms with E-state index < -0.39 is 53.0 Å². The van der Waals surface area contributed by atoms with Crippen LogP contribution < -0.4 is 5.32 Å². The summed E-state index contributed by atoms with van der Waals surface area (Å²) in [5, 5.41) is 12.2. The molecule has 0 spiro atoms. The van der Waals surface area contributed by atoms with Crippen molar-refractivity contribution in [3.63, 3.8) is 0 Å². The second kappa shape index (κ2) is 15.7. The number of rotatable bonds is 10. The maximum atomic E-state index is 14.2. The van der Waals surface area contributed by atoms with Gasteiger partial charge in [-0.3, -0.25) is 4.79 Å². The molecule has 0 unspecified atom stereocenters. The fourth-order valence-electron chi connectivity index (χ4n) is 5.85. The molecule has 6 aromatic rings. The van der Waals surface area contributed by atoms with Crippen LogP contribution in [0.1, 0.15) is 45.9 Å². The highest BCUT2D eigenvalue weighted by Crippen LogP contribution is 2.41. The van der Waals surface area contributed by atoms with Gasteiger partial charge in [-0.1, -0.05) is 109 Å². The van der Waals surface area contributed by atoms with Crippen LogP contribution in [-0.4, -0.2) is 27.9 Å². The summed E-state index contributed by atoms with van der Waals surface area (Å²) in [7, 11) is 0. The Morgan fingerprint density at radius 2 is 1.32 bits per heavy atom. The number of thioether (sulfide) groups is 1. The fourth-order valence-corrected chi connectivity index (χ4v) is 6.69. The molecule has 0 saturated carbocycles. The topological polar surface area (TPSA) is 93.8 Å². The zero-order valence-electron chi connectivity index (χ0n) is 27.6. The average Bonchev–Trinajstić information content (AvgIpc) is 3.64. The Morgan fingerprint density at radius 1 is 0.736 bits per heavy atom. The number of carbonyl (C=O) groups excluding carboxylic acids is 1. The van der Waals surface area contributed by atoms with Crippen molar-refractivity contribution >= 4 is 23.4 Å². The van der Waals surface area contributed by atoms with Crippen LogP contribution in [-0.2, 0) is 16.1 Å². The Labute approximate surface area is 304 Å². The number of hydrogen-bond acceptors (Lipinski definition) is 7. The number of aromatic nitrogens is 1. The van der Waals surface area contributed by atoms with Crippen molar-refractivity contribution in [2.24, 2.45) is 0 Å². The Kier molecular flexibility index (Phi) is 10.7. The van der Waals surface area contributed by atoms with Gasteiger partial charge in [0.2, 0.25) is 5.82 Å². The highest BCUT2D eigenvalue weighted by molar-refractivity contribution is 7.99. The van der Waals surface area contributed by atoms with Gasteiger partial charge in [0.15, 0.2) is 35.3 Å². The van der Waals surface area contributed by atoms with Crippen LogP contribution in [0, 0.1) is 29.1 Å². The van der Waals surface area contributed by atoms with Crippen molar-refractivity contribution in [3.05, 3.63) is 161 Å². The van der Waals surface area contributed by atoms with Crippen LogP contribution in [0.5, 0.6) is 0 Å². The van der Waals surface area contributed by atoms with E-state index in [2.05, 4.69) is 5.32 Å². The molecule has 1 aromatic heterocycles. The Bertz CT molecular complexity index is 2140. The van der Waals surface area contributed by atoms with Crippen LogP contribution in [0.4, 0.5) is 27.6 Å². The van der Waals surface area contributed by atoms with Crippen LogP contribution in [0.15, 0.2) is 119 Å². The van der Waals surface area contributed by atoms with E-state index in [-0.39, 0.29) is 18.4 Å². The minimum Gasteiger partial charge on any atom is -0.431 e. The number of nitrogens with zero attached hydrogens (tertiary/aromatic N) is 1. The summed E-state index contributed by atoms with van der Waals surface area (Å²) in [5.74, 6) is -11.7. The summed E-state index contributed by atoms with van der Waals surface area (Å²) in [4.78, 5) is 17.4. The predicted molar refractivity (Wildman–Crippen MR) is 187 cm³/mol. The lowest BCUT2D eigenvalue weighted by molar-refractivity contribution is -0.245. The molecule has 7 nitrogen and oxygen atoms in total. The van der Waals surface area contributed by atoms with E-state index in [9.17, 15) is 31.9 Å². The first-order valence-corrected chi connectivity index (χ1v) is 17.4. The molecule has 0 radical (unpaired) electrons. The molecule has 1 aliphatic heterocycles. The van der Waals surface area contributed by atoms with E-state index in [1.807, 2.05) is 72.8 Å². The lowest BCUT2D eigenvalue weighted by atomic mass is 10.0. The third-order valence-corrected chi connectivity index (χ3v) is 9.54. The summed E-state index contributed by atoms with van der Waals surface area (Å²) < 4.78 is 88.4. The van der Waals surface area contributed by atoms with E-state index in [1.165, 1.54) is 23.9 Å². The molecule has 2 heterocycles. The highest BCUT2D eigenvalue weighted by atomic mass is 32.2. The minimum atomic E-state index is -2.36. The molecule has 2 N–H and O–H groups in total. The van der Waals surface area contributed by atoms with Gasteiger partial charge in [0.1, 0.15) is 11.3 Å². The van der Waals surface area contributed by atoms with E-state index in [4.69, 9.17) is 18.9 Å². The summed E-state index contributed by atoms with van der Waals surface area (Å²) in [6.45, 7) is -0.115. The zero-order valence-corrected chi connectivity index (χ0v) is 28.4. The number of oxazole rings is 1. The Balaban J connectivity index is 1.11. The SMILES string of the molecule is O=C(Nc1ccc([C@@H]2O[C@H](CSc3nc(-c4ccccc4)c(-c4ccccc4)o3)C[C@H](c3ccc(CO)cc3)O2)cc1)c1c(F)c(F)c(F)c(F)c1F. The standard InChI is InChI=1S/C40H29F5N2O5S/c41-31-30(32(42)34(44)35(45)33(31)43)38(49)46-27-17-15-26(16-18-27)39-50-28(19-29(51-39)23-13-11-22(20-48)12-14-23)21-53-40-47-36(24-7-3-1-4-8-24)37(52-40)25-9-5-2-6-10-25/h1-18,28-29,39,48H,19-21H2,(H,46,49)/t28-,29+,39+/m0/s1. The summed E-state index contributed by atoms with van der Waals surface area (Å²) in [6, 6.07) is 32.6. The van der Waals surface area contributed by atoms with Gasteiger partial charge >= 0.3 is 0 Å². The van der Waals surface area contributed by atoms with Crippen LogP contribution in [0.3, 0.4) is 0 Å². The number of amides is 1. The lowest BCUT2D eigenvalue weighted by Gasteiger charge is -2.36. The third kappa shape index (κ3) is 7.74. The van der Waals surface area contributed by atoms with Gasteiger partial charge in [-0.05, 0) is 23.3 Å². The third-order valence-electron chi connectivity index (χ3n) is 8.58. The van der Waals surface area contributed by atoms with E-state index >= 15 is 0 Å². The van der Waals surface area contributed by atoms with Gasteiger partial charge in [0.25, 0.3) is 11.1 Å². The van der Waals surface area contributed by atoms with Gasteiger partial charge in [0, 0.05) is 34.6 Å². The maximum absolute atomic E-state index is 14.2. The summed E-state index contributed by atoms with van der Waals surface area (Å²) in [5.41, 5.74) is 3.03. The van der Waals surface area contributed by atoms with Crippen molar-refractivity contribution < 1.29 is 45.7 Å². The van der Waals surface area contributed by atoms with Crippen molar-refractivity contribution in [1.29, 1.82) is 0 Å². The first-order chi connectivity index (χ1) is 25.7. The number of carbonyl (C=O) groups is 1. The average molecular weight is 745 g/mol. The molecule has 270 valence electrons. The first-order valence-electron chi connectivity index (χ1n) is 16.4. The largest absolute Gasteiger partial charge is 0.431 e. The Morgan fingerprint density at radius 3 is 1.94 bits per heavy atom. The van der Waals surface area contributed by atoms with Gasteiger partial charge in [-0.2, -0.15) is 0 Å². The number of benzene rings is 5. The molecular formula is C40H29F5N2O5S. The highest BCUT2D eigenvalue weighted by Gasteiger charge is 2.33. The molecule has 1 saturated heterocycles. The molecule has 0 bridgehead atoms. The predicted octanol–water partition coefficient (Wildman–Crippen LogP) is 9.79. The molecule has 5 aromatic carbocycles. The number of ether oxygens (including phenoxy) is 2. The fraction of sp³-hybridized carbons (Fsp3) is 0.150. The smallest absolute Gasteiger partial charge is 0.261 e. The van der Waals surface area contributed by atoms with E-state index in [0.717, 1.165) is 22.3 Å². The van der Waals surface area contributed by atoms with Gasteiger partial charge in [-0.25, -0.2) is 26.9 Å². The number of aliphatic hydroxyl groups is 1. The van der Waals surface area contributed by atoms with E-state index in [1.54, 1.807) is 24.3 Å². The summed E-state index contributed by atoms with van der Waals surface area (Å²) in [6.07, 6.45) is -1.23. The molecule has 7 rings (SSSR count). The molecule has 53 heavy (non-hydrogen) atoms. The Hall–Kier alpha value is -5.34. The second-order valence-corrected chi connectivity index (χ2v) is 13.0. The van der Waals surface area contributed by atoms with Gasteiger partial charge < -0.3 is 24.3 Å². The molecule has 0 aliphatic carbocycles. The van der Waals surface area contributed by atoms with Crippen molar-refractivity contribution in [3.8, 4) is 22.6 Å². The number of nitrogens with one attached hydrogen (secondary N) is 1. The minimum absolute atomic E-state index is 0.0223. The quantitative estimate of drug-likeness (QED) is 0.0625. The van der Waals surface area contributed by atoms with Crippen molar-refractivity contribution in [2.45, 2.75) is 36.7 Å². The number of halogens is 5. The number of aliphatic hydroxyl groups excluding tert-OH is 1.